The van der Waals surface area contributed by atoms with Crippen LogP contribution in [0, 0.1) is 0 Å². The number of hydrogen-bond acceptors (Lipinski definition) is 0. The molecule has 0 bridgehead atoms. The first-order valence-electron chi connectivity index (χ1n) is 5.22. The van der Waals surface area contributed by atoms with Gasteiger partial charge >= 0.3 is 0 Å². The van der Waals surface area contributed by atoms with E-state index < -0.39 is 0 Å². The smallest absolute Gasteiger partial charge is 0.0271 e. The molecule has 0 amide bonds. The third-order valence-corrected chi connectivity index (χ3v) is 3.48. The Bertz CT molecular complexity index is 206. The minimum atomic E-state index is 1.02. The van der Waals surface area contributed by atoms with Crippen LogP contribution in [0.25, 0.3) is 0 Å². The highest BCUT2D eigenvalue weighted by atomic mass is 31.1. The number of rotatable bonds is 6. The van der Waals surface area contributed by atoms with Gasteiger partial charge in [-0.3, -0.25) is 0 Å². The van der Waals surface area contributed by atoms with E-state index in [2.05, 4.69) is 37.3 Å². The van der Waals surface area contributed by atoms with Crippen LogP contribution in [0.15, 0.2) is 30.3 Å². The third-order valence-electron chi connectivity index (χ3n) is 2.13. The lowest BCUT2D eigenvalue weighted by molar-refractivity contribution is 0.706. The Morgan fingerprint density at radius 2 is 1.77 bits per heavy atom. The molecule has 1 aromatic carbocycles. The predicted octanol–water partition coefficient (Wildman–Crippen LogP) is 3.57. The molecule has 0 fully saturated rings. The first-order valence-corrected chi connectivity index (χ1v) is 6.43. The fourth-order valence-corrected chi connectivity index (χ4v) is 2.48. The first kappa shape index (κ1) is 10.7. The van der Waals surface area contributed by atoms with Crippen LogP contribution < -0.4 is 5.30 Å². The molecule has 13 heavy (non-hydrogen) atoms. The first-order chi connectivity index (χ1) is 6.43. The van der Waals surface area contributed by atoms with Crippen LogP contribution in [0.1, 0.15) is 32.6 Å². The topological polar surface area (TPSA) is 0 Å². The standard InChI is InChI=1S/C12H19P/c1-2-3-4-8-11-13-12-9-6-5-7-10-12/h5-7,9-10,13H,2-4,8,11H2,1H3. The van der Waals surface area contributed by atoms with Gasteiger partial charge in [0.05, 0.1) is 0 Å². The van der Waals surface area contributed by atoms with Crippen molar-refractivity contribution >= 4 is 13.9 Å². The van der Waals surface area contributed by atoms with Crippen molar-refractivity contribution in [1.29, 1.82) is 0 Å². The Labute approximate surface area is 83.5 Å². The van der Waals surface area contributed by atoms with E-state index >= 15 is 0 Å². The Morgan fingerprint density at radius 3 is 2.46 bits per heavy atom. The lowest BCUT2D eigenvalue weighted by atomic mass is 10.2. The largest absolute Gasteiger partial charge is 0.0904 e. The Hall–Kier alpha value is -0.350. The van der Waals surface area contributed by atoms with Crippen LogP contribution in [0.3, 0.4) is 0 Å². The van der Waals surface area contributed by atoms with Crippen LogP contribution in [-0.4, -0.2) is 6.16 Å². The van der Waals surface area contributed by atoms with Crippen molar-refractivity contribution in [3.8, 4) is 0 Å². The molecule has 0 heterocycles. The summed E-state index contributed by atoms with van der Waals surface area (Å²) in [6.45, 7) is 2.26. The molecule has 0 saturated heterocycles. The fourth-order valence-electron chi connectivity index (χ4n) is 1.34. The van der Waals surface area contributed by atoms with E-state index in [1.165, 1.54) is 37.1 Å². The van der Waals surface area contributed by atoms with Crippen molar-refractivity contribution in [3.63, 3.8) is 0 Å². The zero-order valence-corrected chi connectivity index (χ0v) is 9.42. The molecule has 1 atom stereocenters. The molecule has 0 aliphatic rings. The summed E-state index contributed by atoms with van der Waals surface area (Å²) >= 11 is 0. The summed E-state index contributed by atoms with van der Waals surface area (Å²) in [5, 5.41) is 1.51. The van der Waals surface area contributed by atoms with Crippen molar-refractivity contribution in [2.75, 3.05) is 6.16 Å². The Morgan fingerprint density at radius 1 is 1.00 bits per heavy atom. The minimum Gasteiger partial charge on any atom is -0.0904 e. The monoisotopic (exact) mass is 194 g/mol. The molecule has 0 spiro atoms. The summed E-state index contributed by atoms with van der Waals surface area (Å²) in [5.41, 5.74) is 0. The maximum absolute atomic E-state index is 2.26. The van der Waals surface area contributed by atoms with Gasteiger partial charge in [0.25, 0.3) is 0 Å². The molecule has 0 aliphatic heterocycles. The van der Waals surface area contributed by atoms with Crippen LogP contribution in [0.4, 0.5) is 0 Å². The van der Waals surface area contributed by atoms with E-state index in [1.807, 2.05) is 0 Å². The second kappa shape index (κ2) is 7.09. The van der Waals surface area contributed by atoms with Crippen molar-refractivity contribution in [3.05, 3.63) is 30.3 Å². The predicted molar refractivity (Wildman–Crippen MR) is 63.4 cm³/mol. The summed E-state index contributed by atoms with van der Waals surface area (Å²) in [6.07, 6.45) is 6.94. The maximum atomic E-state index is 2.26. The highest BCUT2D eigenvalue weighted by molar-refractivity contribution is 7.47. The summed E-state index contributed by atoms with van der Waals surface area (Å²) in [4.78, 5) is 0. The summed E-state index contributed by atoms with van der Waals surface area (Å²) in [5.74, 6) is 0. The molecular formula is C12H19P. The average molecular weight is 194 g/mol. The molecule has 72 valence electrons. The van der Waals surface area contributed by atoms with Gasteiger partial charge in [0.15, 0.2) is 0 Å². The molecule has 1 aromatic rings. The van der Waals surface area contributed by atoms with E-state index in [0.29, 0.717) is 0 Å². The molecule has 0 saturated carbocycles. The van der Waals surface area contributed by atoms with Crippen molar-refractivity contribution in [1.82, 2.24) is 0 Å². The van der Waals surface area contributed by atoms with Crippen molar-refractivity contribution in [2.24, 2.45) is 0 Å². The summed E-state index contributed by atoms with van der Waals surface area (Å²) < 4.78 is 0. The van der Waals surface area contributed by atoms with Gasteiger partial charge in [-0.1, -0.05) is 65.1 Å². The van der Waals surface area contributed by atoms with Gasteiger partial charge in [-0.05, 0) is 17.9 Å². The molecule has 0 nitrogen and oxygen atoms in total. The normalized spacial score (nSPS) is 11.2. The van der Waals surface area contributed by atoms with E-state index in [4.69, 9.17) is 0 Å². The highest BCUT2D eigenvalue weighted by Crippen LogP contribution is 2.13. The van der Waals surface area contributed by atoms with Gasteiger partial charge in [-0.2, -0.15) is 0 Å². The van der Waals surface area contributed by atoms with Crippen LogP contribution in [0.5, 0.6) is 0 Å². The van der Waals surface area contributed by atoms with Gasteiger partial charge < -0.3 is 0 Å². The van der Waals surface area contributed by atoms with Crippen LogP contribution in [-0.2, 0) is 0 Å². The Kier molecular flexibility index (Phi) is 5.85. The SMILES string of the molecule is CCCCCCPc1ccccc1. The summed E-state index contributed by atoms with van der Waals surface area (Å²) in [6, 6.07) is 10.8. The lowest BCUT2D eigenvalue weighted by Crippen LogP contribution is -1.93. The van der Waals surface area contributed by atoms with E-state index in [9.17, 15) is 0 Å². The van der Waals surface area contributed by atoms with Gasteiger partial charge in [-0.15, -0.1) is 0 Å². The maximum Gasteiger partial charge on any atom is -0.0271 e. The number of unbranched alkanes of at least 4 members (excludes halogenated alkanes) is 3. The molecule has 1 unspecified atom stereocenters. The second-order valence-corrected chi connectivity index (χ2v) is 4.78. The Balaban J connectivity index is 2.07. The van der Waals surface area contributed by atoms with Gasteiger partial charge in [0.2, 0.25) is 0 Å². The molecular weight excluding hydrogens is 175 g/mol. The van der Waals surface area contributed by atoms with Crippen molar-refractivity contribution in [2.45, 2.75) is 32.6 Å². The molecule has 0 aliphatic carbocycles. The lowest BCUT2D eigenvalue weighted by Gasteiger charge is -2.00. The molecule has 1 rings (SSSR count). The minimum absolute atomic E-state index is 1.02. The van der Waals surface area contributed by atoms with E-state index in [-0.39, 0.29) is 0 Å². The zero-order valence-electron chi connectivity index (χ0n) is 8.42. The average Bonchev–Trinajstić information content (AvgIpc) is 2.19. The number of hydrogen-bond donors (Lipinski definition) is 0. The van der Waals surface area contributed by atoms with Crippen molar-refractivity contribution < 1.29 is 0 Å². The highest BCUT2D eigenvalue weighted by Gasteiger charge is 1.91. The zero-order chi connectivity index (χ0) is 9.36. The third kappa shape index (κ3) is 5.05. The van der Waals surface area contributed by atoms with Gasteiger partial charge in [0, 0.05) is 0 Å². The van der Waals surface area contributed by atoms with Crippen LogP contribution in [0.2, 0.25) is 0 Å². The number of benzene rings is 1. The summed E-state index contributed by atoms with van der Waals surface area (Å²) in [7, 11) is 1.02. The fraction of sp³-hybridized carbons (Fsp3) is 0.500. The second-order valence-electron chi connectivity index (χ2n) is 3.35. The van der Waals surface area contributed by atoms with Crippen LogP contribution >= 0.6 is 8.58 Å². The van der Waals surface area contributed by atoms with E-state index in [1.54, 1.807) is 0 Å². The van der Waals surface area contributed by atoms with E-state index in [0.717, 1.165) is 8.58 Å². The quantitative estimate of drug-likeness (QED) is 0.479. The molecule has 0 N–H and O–H groups in total. The molecule has 0 aromatic heterocycles. The van der Waals surface area contributed by atoms with Gasteiger partial charge in [-0.25, -0.2) is 0 Å². The van der Waals surface area contributed by atoms with Gasteiger partial charge in [0.1, 0.15) is 0 Å². The molecule has 1 heteroatoms. The molecule has 0 radical (unpaired) electrons.